The third kappa shape index (κ3) is 3.81. The maximum atomic E-state index is 5.97. The van der Waals surface area contributed by atoms with Crippen LogP contribution in [0.4, 0.5) is 0 Å². The Morgan fingerprint density at radius 3 is 2.35 bits per heavy atom. The molecule has 0 bridgehead atoms. The summed E-state index contributed by atoms with van der Waals surface area (Å²) in [6.07, 6.45) is 7.50. The molecule has 1 aromatic carbocycles. The van der Waals surface area contributed by atoms with Crippen LogP contribution in [0.1, 0.15) is 19.4 Å². The second kappa shape index (κ2) is 6.55. The summed E-state index contributed by atoms with van der Waals surface area (Å²) in [6.45, 7) is 3.88. The lowest BCUT2D eigenvalue weighted by Gasteiger charge is -2.16. The molecule has 0 unspecified atom stereocenters. The predicted molar refractivity (Wildman–Crippen MR) is 73.2 cm³/mol. The van der Waals surface area contributed by atoms with Crippen molar-refractivity contribution in [2.75, 3.05) is 0 Å². The summed E-state index contributed by atoms with van der Waals surface area (Å²) in [5, 5.41) is 1.52. The maximum absolute atomic E-state index is 5.97. The molecule has 3 heteroatoms. The van der Waals surface area contributed by atoms with Gasteiger partial charge in [-0.25, -0.2) is 5.84 Å². The molecule has 0 aliphatic rings. The number of allylic oxidation sites excluding steroid dienone is 3. The zero-order valence-electron chi connectivity index (χ0n) is 10.3. The van der Waals surface area contributed by atoms with Crippen LogP contribution in [0.15, 0.2) is 60.5 Å². The van der Waals surface area contributed by atoms with E-state index in [1.807, 2.05) is 62.4 Å². The van der Waals surface area contributed by atoms with Crippen LogP contribution in [0.2, 0.25) is 0 Å². The van der Waals surface area contributed by atoms with E-state index < -0.39 is 0 Å². The zero-order chi connectivity index (χ0) is 12.7. The van der Waals surface area contributed by atoms with E-state index >= 15 is 0 Å². The third-order valence-electron chi connectivity index (χ3n) is 2.32. The van der Waals surface area contributed by atoms with E-state index in [0.29, 0.717) is 5.70 Å². The minimum atomic E-state index is 0.636. The molecule has 0 amide bonds. The average Bonchev–Trinajstić information content (AvgIpc) is 2.36. The standard InChI is InChI=1S/C14H19N3/c1-3-8-13(4-2)17(16)11-14(15)12-9-6-5-7-10-12/h3-11H,15-16H2,1-2H3/b8-3-,13-4+,14-11-. The topological polar surface area (TPSA) is 55.3 Å². The largest absolute Gasteiger partial charge is 0.397 e. The van der Waals surface area contributed by atoms with Gasteiger partial charge in [-0.3, -0.25) is 5.01 Å². The smallest absolute Gasteiger partial charge is 0.0568 e. The van der Waals surface area contributed by atoms with Gasteiger partial charge in [0.05, 0.1) is 11.4 Å². The molecule has 4 N–H and O–H groups in total. The molecule has 0 radical (unpaired) electrons. The monoisotopic (exact) mass is 229 g/mol. The lowest BCUT2D eigenvalue weighted by Crippen LogP contribution is -2.24. The lowest BCUT2D eigenvalue weighted by atomic mass is 10.2. The SMILES string of the molecule is C/C=C\C(=C/C)N(N)/C=C(\N)c1ccccc1. The molecule has 0 aliphatic heterocycles. The van der Waals surface area contributed by atoms with E-state index in [2.05, 4.69) is 0 Å². The van der Waals surface area contributed by atoms with Crippen LogP contribution >= 0.6 is 0 Å². The fourth-order valence-corrected chi connectivity index (χ4v) is 1.43. The highest BCUT2D eigenvalue weighted by atomic mass is 15.4. The Labute approximate surface area is 103 Å². The highest BCUT2D eigenvalue weighted by Crippen LogP contribution is 2.10. The van der Waals surface area contributed by atoms with Gasteiger partial charge in [0.15, 0.2) is 0 Å². The first-order valence-electron chi connectivity index (χ1n) is 5.54. The summed E-state index contributed by atoms with van der Waals surface area (Å²) >= 11 is 0. The minimum absolute atomic E-state index is 0.636. The Morgan fingerprint density at radius 2 is 1.82 bits per heavy atom. The summed E-state index contributed by atoms with van der Waals surface area (Å²) in [7, 11) is 0. The normalized spacial score (nSPS) is 13.1. The molecule has 0 saturated carbocycles. The van der Waals surface area contributed by atoms with Gasteiger partial charge in [0.25, 0.3) is 0 Å². The van der Waals surface area contributed by atoms with Gasteiger partial charge in [0.2, 0.25) is 0 Å². The second-order valence-corrected chi connectivity index (χ2v) is 3.57. The molecule has 1 rings (SSSR count). The summed E-state index contributed by atoms with van der Waals surface area (Å²) in [4.78, 5) is 0. The predicted octanol–water partition coefficient (Wildman–Crippen LogP) is 2.60. The summed E-state index contributed by atoms with van der Waals surface area (Å²) < 4.78 is 0. The number of hydrazine groups is 1. The van der Waals surface area contributed by atoms with E-state index in [9.17, 15) is 0 Å². The van der Waals surface area contributed by atoms with Crippen molar-refractivity contribution < 1.29 is 0 Å². The van der Waals surface area contributed by atoms with Gasteiger partial charge in [-0.2, -0.15) is 0 Å². The zero-order valence-corrected chi connectivity index (χ0v) is 10.3. The summed E-state index contributed by atoms with van der Waals surface area (Å²) in [6, 6.07) is 9.74. The number of nitrogens with zero attached hydrogens (tertiary/aromatic N) is 1. The molecular formula is C14H19N3. The average molecular weight is 229 g/mol. The van der Waals surface area contributed by atoms with Crippen molar-refractivity contribution in [1.82, 2.24) is 5.01 Å². The Morgan fingerprint density at radius 1 is 1.18 bits per heavy atom. The molecule has 3 nitrogen and oxygen atoms in total. The number of hydrogen-bond acceptors (Lipinski definition) is 3. The van der Waals surface area contributed by atoms with Gasteiger partial charge in [-0.15, -0.1) is 0 Å². The molecule has 0 aromatic heterocycles. The molecule has 1 aromatic rings. The Balaban J connectivity index is 2.89. The Bertz CT molecular complexity index is 430. The molecule has 0 saturated heterocycles. The van der Waals surface area contributed by atoms with Crippen LogP contribution < -0.4 is 11.6 Å². The Hall–Kier alpha value is -2.00. The maximum Gasteiger partial charge on any atom is 0.0568 e. The highest BCUT2D eigenvalue weighted by Gasteiger charge is 2.00. The van der Waals surface area contributed by atoms with E-state index in [0.717, 1.165) is 11.3 Å². The van der Waals surface area contributed by atoms with Gasteiger partial charge in [-0.1, -0.05) is 42.5 Å². The van der Waals surface area contributed by atoms with Gasteiger partial charge in [0.1, 0.15) is 0 Å². The molecule has 0 aliphatic carbocycles. The van der Waals surface area contributed by atoms with Crippen molar-refractivity contribution >= 4 is 5.70 Å². The van der Waals surface area contributed by atoms with Crippen molar-refractivity contribution in [3.05, 3.63) is 66.0 Å². The quantitative estimate of drug-likeness (QED) is 0.474. The van der Waals surface area contributed by atoms with Crippen LogP contribution in [0.3, 0.4) is 0 Å². The molecule has 17 heavy (non-hydrogen) atoms. The first-order chi connectivity index (χ1) is 8.19. The Kier molecular flexibility index (Phi) is 5.04. The number of nitrogens with two attached hydrogens (primary N) is 2. The van der Waals surface area contributed by atoms with Crippen molar-refractivity contribution in [3.8, 4) is 0 Å². The van der Waals surface area contributed by atoms with Crippen LogP contribution in [-0.2, 0) is 0 Å². The van der Waals surface area contributed by atoms with E-state index in [-0.39, 0.29) is 0 Å². The lowest BCUT2D eigenvalue weighted by molar-refractivity contribution is 0.508. The summed E-state index contributed by atoms with van der Waals surface area (Å²) in [5.74, 6) is 5.91. The number of rotatable bonds is 4. The van der Waals surface area contributed by atoms with Crippen LogP contribution in [0, 0.1) is 0 Å². The fourth-order valence-electron chi connectivity index (χ4n) is 1.43. The second-order valence-electron chi connectivity index (χ2n) is 3.57. The number of hydrogen-bond donors (Lipinski definition) is 2. The first-order valence-corrected chi connectivity index (χ1v) is 5.54. The molecular weight excluding hydrogens is 210 g/mol. The summed E-state index contributed by atoms with van der Waals surface area (Å²) in [5.41, 5.74) is 8.46. The van der Waals surface area contributed by atoms with Crippen molar-refractivity contribution in [1.29, 1.82) is 0 Å². The molecule has 0 spiro atoms. The molecule has 90 valence electrons. The van der Waals surface area contributed by atoms with E-state index in [1.165, 1.54) is 5.01 Å². The van der Waals surface area contributed by atoms with Gasteiger partial charge < -0.3 is 5.73 Å². The van der Waals surface area contributed by atoms with Crippen LogP contribution in [0.5, 0.6) is 0 Å². The van der Waals surface area contributed by atoms with Crippen LogP contribution in [-0.4, -0.2) is 5.01 Å². The van der Waals surface area contributed by atoms with Crippen molar-refractivity contribution in [2.45, 2.75) is 13.8 Å². The molecule has 0 heterocycles. The fraction of sp³-hybridized carbons (Fsp3) is 0.143. The van der Waals surface area contributed by atoms with Crippen molar-refractivity contribution in [2.24, 2.45) is 11.6 Å². The molecule has 0 atom stereocenters. The molecule has 0 fully saturated rings. The highest BCUT2D eigenvalue weighted by molar-refractivity contribution is 5.62. The minimum Gasteiger partial charge on any atom is -0.397 e. The van der Waals surface area contributed by atoms with Crippen LogP contribution in [0.25, 0.3) is 5.70 Å². The van der Waals surface area contributed by atoms with Crippen molar-refractivity contribution in [3.63, 3.8) is 0 Å². The third-order valence-corrected chi connectivity index (χ3v) is 2.32. The van der Waals surface area contributed by atoms with E-state index in [1.54, 1.807) is 6.20 Å². The number of benzene rings is 1. The first kappa shape index (κ1) is 13.1. The van der Waals surface area contributed by atoms with Gasteiger partial charge >= 0.3 is 0 Å². The van der Waals surface area contributed by atoms with Gasteiger partial charge in [0, 0.05) is 6.20 Å². The van der Waals surface area contributed by atoms with E-state index in [4.69, 9.17) is 11.6 Å². The van der Waals surface area contributed by atoms with Gasteiger partial charge in [-0.05, 0) is 25.5 Å².